The lowest BCUT2D eigenvalue weighted by atomic mass is 10.2. The Labute approximate surface area is 159 Å². The Morgan fingerprint density at radius 1 is 1.35 bits per heavy atom. The first-order chi connectivity index (χ1) is 12.2. The van der Waals surface area contributed by atoms with E-state index in [1.54, 1.807) is 31.4 Å². The van der Waals surface area contributed by atoms with Gasteiger partial charge >= 0.3 is 10.8 Å². The van der Waals surface area contributed by atoms with E-state index in [0.717, 1.165) is 16.9 Å². The van der Waals surface area contributed by atoms with Gasteiger partial charge in [-0.2, -0.15) is 0 Å². The minimum Gasteiger partial charge on any atom is -0.495 e. The Bertz CT molecular complexity index is 890. The molecule has 7 nitrogen and oxygen atoms in total. The molecule has 0 saturated carbocycles. The third-order valence-electron chi connectivity index (χ3n) is 3.68. The zero-order chi connectivity index (χ0) is 19.4. The van der Waals surface area contributed by atoms with Gasteiger partial charge in [0.25, 0.3) is 5.91 Å². The number of carbonyl (C=O) groups is 2. The van der Waals surface area contributed by atoms with Gasteiger partial charge in [-0.05, 0) is 32.4 Å². The first-order valence-corrected chi connectivity index (χ1v) is 8.98. The van der Waals surface area contributed by atoms with Crippen molar-refractivity contribution >= 4 is 40.5 Å². The molecule has 0 saturated heterocycles. The summed E-state index contributed by atoms with van der Waals surface area (Å²) in [6.07, 6.45) is -1.04. The predicted molar refractivity (Wildman–Crippen MR) is 100 cm³/mol. The lowest BCUT2D eigenvalue weighted by Crippen LogP contribution is -2.32. The number of methoxy groups -OCH3 is 1. The van der Waals surface area contributed by atoms with Crippen LogP contribution in [0.3, 0.4) is 0 Å². The predicted octanol–water partition coefficient (Wildman–Crippen LogP) is 2.76. The first-order valence-electron chi connectivity index (χ1n) is 7.72. The fourth-order valence-corrected chi connectivity index (χ4v) is 3.07. The standard InChI is InChI=1S/C17H19ClN2O5S/c1-9-5-13(14(24-4)6-12(9)18)19-16(22)11(3)25-15(21)7-20-10(2)8-26-17(20)23/h5-6,8,11H,7H2,1-4H3,(H,19,22)/t11-/m1/s1. The number of aryl methyl sites for hydroxylation is 2. The normalized spacial score (nSPS) is 11.7. The van der Waals surface area contributed by atoms with E-state index in [4.69, 9.17) is 21.1 Å². The molecule has 0 fully saturated rings. The Balaban J connectivity index is 2.03. The Hall–Kier alpha value is -2.32. The minimum absolute atomic E-state index is 0.241. The van der Waals surface area contributed by atoms with Crippen LogP contribution in [0.5, 0.6) is 5.75 Å². The van der Waals surface area contributed by atoms with Crippen molar-refractivity contribution in [2.24, 2.45) is 0 Å². The number of ether oxygens (including phenoxy) is 2. The maximum atomic E-state index is 12.3. The van der Waals surface area contributed by atoms with Crippen LogP contribution in [0.15, 0.2) is 22.3 Å². The number of esters is 1. The molecule has 0 aliphatic heterocycles. The van der Waals surface area contributed by atoms with Crippen LogP contribution in [-0.2, 0) is 20.9 Å². The van der Waals surface area contributed by atoms with Crippen molar-refractivity contribution in [2.75, 3.05) is 12.4 Å². The number of hydrogen-bond acceptors (Lipinski definition) is 6. The summed E-state index contributed by atoms with van der Waals surface area (Å²) in [4.78, 5) is 35.7. The second-order valence-corrected chi connectivity index (χ2v) is 6.88. The van der Waals surface area contributed by atoms with Gasteiger partial charge in [0.2, 0.25) is 0 Å². The number of nitrogens with one attached hydrogen (secondary N) is 1. The molecule has 1 aromatic carbocycles. The van der Waals surface area contributed by atoms with Crippen molar-refractivity contribution in [1.82, 2.24) is 4.57 Å². The first kappa shape index (κ1) is 20.0. The van der Waals surface area contributed by atoms with E-state index in [0.29, 0.717) is 22.2 Å². The van der Waals surface area contributed by atoms with E-state index in [1.165, 1.54) is 18.6 Å². The summed E-state index contributed by atoms with van der Waals surface area (Å²) < 4.78 is 11.6. The number of benzene rings is 1. The van der Waals surface area contributed by atoms with Gasteiger partial charge in [0.15, 0.2) is 6.10 Å². The van der Waals surface area contributed by atoms with Crippen molar-refractivity contribution in [2.45, 2.75) is 33.4 Å². The number of anilines is 1. The summed E-state index contributed by atoms with van der Waals surface area (Å²) in [6.45, 7) is 4.72. The third-order valence-corrected chi connectivity index (χ3v) is 4.97. The molecule has 1 atom stereocenters. The van der Waals surface area contributed by atoms with Crippen molar-refractivity contribution in [1.29, 1.82) is 0 Å². The zero-order valence-electron chi connectivity index (χ0n) is 14.8. The van der Waals surface area contributed by atoms with Crippen molar-refractivity contribution in [3.63, 3.8) is 0 Å². The highest BCUT2D eigenvalue weighted by atomic mass is 35.5. The van der Waals surface area contributed by atoms with E-state index >= 15 is 0 Å². The average molecular weight is 399 g/mol. The summed E-state index contributed by atoms with van der Waals surface area (Å²) in [5, 5.41) is 4.81. The van der Waals surface area contributed by atoms with E-state index in [9.17, 15) is 14.4 Å². The van der Waals surface area contributed by atoms with Gasteiger partial charge in [-0.25, -0.2) is 0 Å². The van der Waals surface area contributed by atoms with Crippen molar-refractivity contribution in [3.8, 4) is 5.75 Å². The van der Waals surface area contributed by atoms with E-state index in [2.05, 4.69) is 5.32 Å². The van der Waals surface area contributed by atoms with Gasteiger partial charge in [-0.3, -0.25) is 19.0 Å². The molecule has 9 heteroatoms. The summed E-state index contributed by atoms with van der Waals surface area (Å²) in [5.74, 6) is -0.795. The molecule has 1 heterocycles. The number of carbonyl (C=O) groups excluding carboxylic acids is 2. The maximum Gasteiger partial charge on any atom is 0.326 e. The monoisotopic (exact) mass is 398 g/mol. The van der Waals surface area contributed by atoms with Crippen LogP contribution in [0.4, 0.5) is 5.69 Å². The van der Waals surface area contributed by atoms with E-state index in [1.807, 2.05) is 0 Å². The van der Waals surface area contributed by atoms with Crippen LogP contribution in [0.1, 0.15) is 18.2 Å². The largest absolute Gasteiger partial charge is 0.495 e. The third kappa shape index (κ3) is 4.64. The lowest BCUT2D eigenvalue weighted by Gasteiger charge is -2.16. The molecular weight excluding hydrogens is 380 g/mol. The quantitative estimate of drug-likeness (QED) is 0.756. The molecule has 0 radical (unpaired) electrons. The van der Waals surface area contributed by atoms with Gasteiger partial charge in [0.05, 0.1) is 12.8 Å². The Morgan fingerprint density at radius 3 is 2.62 bits per heavy atom. The van der Waals surface area contributed by atoms with Crippen LogP contribution in [0.25, 0.3) is 0 Å². The van der Waals surface area contributed by atoms with Crippen LogP contribution in [0, 0.1) is 13.8 Å². The van der Waals surface area contributed by atoms with Gasteiger partial charge in [-0.15, -0.1) is 0 Å². The van der Waals surface area contributed by atoms with E-state index in [-0.39, 0.29) is 11.4 Å². The van der Waals surface area contributed by atoms with Gasteiger partial charge < -0.3 is 14.8 Å². The molecule has 1 amide bonds. The number of rotatable bonds is 6. The fourth-order valence-electron chi connectivity index (χ4n) is 2.18. The average Bonchev–Trinajstić information content (AvgIpc) is 2.89. The SMILES string of the molecule is COc1cc(Cl)c(C)cc1NC(=O)[C@@H](C)OC(=O)Cn1c(C)csc1=O. The molecule has 2 aromatic rings. The number of aromatic nitrogens is 1. The Morgan fingerprint density at radius 2 is 2.04 bits per heavy atom. The van der Waals surface area contributed by atoms with Crippen molar-refractivity contribution in [3.05, 3.63) is 43.5 Å². The summed E-state index contributed by atoms with van der Waals surface area (Å²) in [7, 11) is 1.46. The molecule has 0 spiro atoms. The molecule has 2 rings (SSSR count). The molecule has 0 bridgehead atoms. The molecule has 0 aliphatic carbocycles. The van der Waals surface area contributed by atoms with Crippen molar-refractivity contribution < 1.29 is 19.1 Å². The summed E-state index contributed by atoms with van der Waals surface area (Å²) in [6, 6.07) is 3.26. The molecule has 26 heavy (non-hydrogen) atoms. The highest BCUT2D eigenvalue weighted by Crippen LogP contribution is 2.31. The highest BCUT2D eigenvalue weighted by Gasteiger charge is 2.20. The number of halogens is 1. The van der Waals surface area contributed by atoms with Crippen LogP contribution < -0.4 is 14.9 Å². The van der Waals surface area contributed by atoms with Gasteiger partial charge in [0, 0.05) is 22.2 Å². The molecule has 140 valence electrons. The molecule has 0 unspecified atom stereocenters. The van der Waals surface area contributed by atoms with Crippen LogP contribution in [-0.4, -0.2) is 29.7 Å². The minimum atomic E-state index is -1.04. The fraction of sp³-hybridized carbons (Fsp3) is 0.353. The molecule has 1 aromatic heterocycles. The number of hydrogen-bond donors (Lipinski definition) is 1. The maximum absolute atomic E-state index is 12.3. The van der Waals surface area contributed by atoms with Crippen LogP contribution >= 0.6 is 22.9 Å². The highest BCUT2D eigenvalue weighted by molar-refractivity contribution is 7.07. The second kappa shape index (κ2) is 8.37. The van der Waals surface area contributed by atoms with Gasteiger partial charge in [0.1, 0.15) is 12.3 Å². The van der Waals surface area contributed by atoms with E-state index < -0.39 is 18.0 Å². The smallest absolute Gasteiger partial charge is 0.326 e. The molecule has 0 aliphatic rings. The zero-order valence-corrected chi connectivity index (χ0v) is 16.4. The number of thiazole rings is 1. The number of nitrogens with zero attached hydrogens (tertiary/aromatic N) is 1. The molecular formula is C17H19ClN2O5S. The lowest BCUT2D eigenvalue weighted by molar-refractivity contribution is -0.153. The van der Waals surface area contributed by atoms with Crippen LogP contribution in [0.2, 0.25) is 5.02 Å². The van der Waals surface area contributed by atoms with Gasteiger partial charge in [-0.1, -0.05) is 22.9 Å². The Kier molecular flexibility index (Phi) is 6.44. The summed E-state index contributed by atoms with van der Waals surface area (Å²) in [5.41, 5.74) is 1.85. The molecule has 1 N–H and O–H groups in total. The topological polar surface area (TPSA) is 86.6 Å². The summed E-state index contributed by atoms with van der Waals surface area (Å²) >= 11 is 7.04. The number of amides is 1. The second-order valence-electron chi connectivity index (χ2n) is 5.65.